The summed E-state index contributed by atoms with van der Waals surface area (Å²) in [5.74, 6) is 1.05. The van der Waals surface area contributed by atoms with Gasteiger partial charge in [0.15, 0.2) is 5.76 Å². The van der Waals surface area contributed by atoms with E-state index < -0.39 is 0 Å². The highest BCUT2D eigenvalue weighted by Crippen LogP contribution is 2.39. The molecule has 1 N–H and O–H groups in total. The van der Waals surface area contributed by atoms with Gasteiger partial charge in [0.1, 0.15) is 5.76 Å². The zero-order valence-electron chi connectivity index (χ0n) is 17.4. The third kappa shape index (κ3) is 3.33. The number of hydrogen-bond donors (Lipinski definition) is 1. The summed E-state index contributed by atoms with van der Waals surface area (Å²) in [4.78, 5) is 17.2. The Morgan fingerprint density at radius 3 is 3.03 bits per heavy atom. The fraction of sp³-hybridized carbons (Fsp3) is 0.435. The molecule has 0 aromatic carbocycles. The van der Waals surface area contributed by atoms with Crippen molar-refractivity contribution in [3.8, 4) is 11.3 Å². The number of carbonyl (C=O) groups excluding carboxylic acids is 1. The first-order valence-electron chi connectivity index (χ1n) is 10.6. The second-order valence-electron chi connectivity index (χ2n) is 8.11. The number of hydrogen-bond acceptors (Lipinski definition) is 5. The van der Waals surface area contributed by atoms with Gasteiger partial charge >= 0.3 is 0 Å². The summed E-state index contributed by atoms with van der Waals surface area (Å²) >= 11 is 0. The predicted octanol–water partition coefficient (Wildman–Crippen LogP) is 3.46. The summed E-state index contributed by atoms with van der Waals surface area (Å²) in [6.07, 6.45) is 7.66. The molecule has 7 heteroatoms. The third-order valence-electron chi connectivity index (χ3n) is 6.12. The first-order valence-corrected chi connectivity index (χ1v) is 10.6. The lowest BCUT2D eigenvalue weighted by Crippen LogP contribution is -2.31. The standard InChI is InChI=1S/C23H26N4O3/c1-14-20-19(30-22(14)23(28)25-12-17-6-5-11-29-17)9-8-16-13-27(26-21(16)20)15(2)18-7-3-4-10-24-18/h3-4,7,10,13,15,17H,5-6,8-9,11-12H2,1-2H3,(H,25,28). The van der Waals surface area contributed by atoms with Gasteiger partial charge in [0.25, 0.3) is 5.91 Å². The average Bonchev–Trinajstić information content (AvgIpc) is 3.50. The van der Waals surface area contributed by atoms with Gasteiger partial charge in [0, 0.05) is 43.1 Å². The zero-order valence-corrected chi connectivity index (χ0v) is 17.4. The van der Waals surface area contributed by atoms with E-state index in [2.05, 4.69) is 23.4 Å². The lowest BCUT2D eigenvalue weighted by molar-refractivity contribution is 0.0833. The number of aryl methyl sites for hydroxylation is 2. The van der Waals surface area contributed by atoms with Crippen molar-refractivity contribution in [2.45, 2.75) is 51.7 Å². The molecule has 1 saturated heterocycles. The van der Waals surface area contributed by atoms with Gasteiger partial charge in [-0.2, -0.15) is 5.10 Å². The van der Waals surface area contributed by atoms with Crippen molar-refractivity contribution in [3.05, 3.63) is 58.9 Å². The SMILES string of the molecule is Cc1c(C(=O)NCC2CCCO2)oc2c1-c1nn(C(C)c3ccccn3)cc1CC2. The van der Waals surface area contributed by atoms with Crippen LogP contribution in [0.1, 0.15) is 58.9 Å². The molecule has 30 heavy (non-hydrogen) atoms. The number of rotatable bonds is 5. The molecule has 2 unspecified atom stereocenters. The molecule has 1 amide bonds. The van der Waals surface area contributed by atoms with E-state index in [0.29, 0.717) is 12.3 Å². The summed E-state index contributed by atoms with van der Waals surface area (Å²) in [7, 11) is 0. The summed E-state index contributed by atoms with van der Waals surface area (Å²) < 4.78 is 13.6. The number of ether oxygens (including phenoxy) is 1. The van der Waals surface area contributed by atoms with Gasteiger partial charge in [-0.25, -0.2) is 0 Å². The summed E-state index contributed by atoms with van der Waals surface area (Å²) in [5, 5.41) is 7.84. The smallest absolute Gasteiger partial charge is 0.287 e. The van der Waals surface area contributed by atoms with Crippen LogP contribution in [0, 0.1) is 6.92 Å². The summed E-state index contributed by atoms with van der Waals surface area (Å²) in [6.45, 7) is 5.33. The van der Waals surface area contributed by atoms with E-state index >= 15 is 0 Å². The molecule has 4 heterocycles. The quantitative estimate of drug-likeness (QED) is 0.702. The van der Waals surface area contributed by atoms with Crippen LogP contribution in [0.3, 0.4) is 0 Å². The Bertz CT molecular complexity index is 1060. The lowest BCUT2D eigenvalue weighted by Gasteiger charge is -2.11. The molecule has 156 valence electrons. The molecule has 1 aliphatic carbocycles. The zero-order chi connectivity index (χ0) is 20.7. The largest absolute Gasteiger partial charge is 0.455 e. The van der Waals surface area contributed by atoms with Crippen LogP contribution in [-0.2, 0) is 17.6 Å². The molecule has 0 saturated carbocycles. The maximum absolute atomic E-state index is 12.8. The Morgan fingerprint density at radius 2 is 2.27 bits per heavy atom. The minimum absolute atomic E-state index is 0.0293. The predicted molar refractivity (Wildman–Crippen MR) is 111 cm³/mol. The number of amides is 1. The molecule has 3 aromatic heterocycles. The summed E-state index contributed by atoms with van der Waals surface area (Å²) in [5.41, 5.74) is 4.88. The Morgan fingerprint density at radius 1 is 1.37 bits per heavy atom. The van der Waals surface area contributed by atoms with Crippen molar-refractivity contribution in [2.75, 3.05) is 13.2 Å². The molecule has 5 rings (SSSR count). The molecule has 0 spiro atoms. The number of furan rings is 1. The minimum Gasteiger partial charge on any atom is -0.455 e. The fourth-order valence-electron chi connectivity index (χ4n) is 4.40. The second-order valence-corrected chi connectivity index (χ2v) is 8.11. The highest BCUT2D eigenvalue weighted by Gasteiger charge is 2.30. The van der Waals surface area contributed by atoms with Crippen molar-refractivity contribution in [1.82, 2.24) is 20.1 Å². The van der Waals surface area contributed by atoms with Crippen LogP contribution in [0.4, 0.5) is 0 Å². The first-order chi connectivity index (χ1) is 14.6. The Balaban J connectivity index is 1.41. The van der Waals surface area contributed by atoms with Gasteiger partial charge in [-0.1, -0.05) is 6.07 Å². The van der Waals surface area contributed by atoms with Crippen LogP contribution in [0.25, 0.3) is 11.3 Å². The van der Waals surface area contributed by atoms with E-state index in [1.807, 2.05) is 29.8 Å². The van der Waals surface area contributed by atoms with Gasteiger partial charge in [0.2, 0.25) is 0 Å². The Hall–Kier alpha value is -2.93. The number of nitrogens with one attached hydrogen (secondary N) is 1. The minimum atomic E-state index is -0.180. The van der Waals surface area contributed by atoms with Crippen molar-refractivity contribution in [1.29, 1.82) is 0 Å². The van der Waals surface area contributed by atoms with Gasteiger partial charge in [-0.05, 0) is 50.8 Å². The van der Waals surface area contributed by atoms with E-state index in [9.17, 15) is 4.79 Å². The Labute approximate surface area is 175 Å². The van der Waals surface area contributed by atoms with Crippen LogP contribution in [-0.4, -0.2) is 39.9 Å². The van der Waals surface area contributed by atoms with Crippen LogP contribution in [0.2, 0.25) is 0 Å². The van der Waals surface area contributed by atoms with Crippen LogP contribution >= 0.6 is 0 Å². The highest BCUT2D eigenvalue weighted by atomic mass is 16.5. The van der Waals surface area contributed by atoms with Crippen molar-refractivity contribution < 1.29 is 13.9 Å². The number of aromatic nitrogens is 3. The third-order valence-corrected chi connectivity index (χ3v) is 6.12. The normalized spacial score (nSPS) is 18.7. The second kappa shape index (κ2) is 7.72. The molecule has 2 atom stereocenters. The van der Waals surface area contributed by atoms with Gasteiger partial charge in [0.05, 0.1) is 23.5 Å². The molecular formula is C23H26N4O3. The summed E-state index contributed by atoms with van der Waals surface area (Å²) in [6, 6.07) is 5.94. The first kappa shape index (κ1) is 19.1. The van der Waals surface area contributed by atoms with E-state index in [0.717, 1.165) is 60.6 Å². The molecule has 0 bridgehead atoms. The average molecular weight is 406 g/mol. The molecule has 1 fully saturated rings. The lowest BCUT2D eigenvalue weighted by atomic mass is 9.93. The highest BCUT2D eigenvalue weighted by molar-refractivity contribution is 5.95. The van der Waals surface area contributed by atoms with E-state index in [1.165, 1.54) is 5.56 Å². The van der Waals surface area contributed by atoms with Crippen LogP contribution in [0.15, 0.2) is 35.0 Å². The maximum Gasteiger partial charge on any atom is 0.287 e. The van der Waals surface area contributed by atoms with Crippen molar-refractivity contribution >= 4 is 5.91 Å². The van der Waals surface area contributed by atoms with Gasteiger partial charge < -0.3 is 14.5 Å². The molecule has 3 aromatic rings. The topological polar surface area (TPSA) is 82.2 Å². The number of pyridine rings is 1. The fourth-order valence-corrected chi connectivity index (χ4v) is 4.40. The van der Waals surface area contributed by atoms with Gasteiger partial charge in [-0.15, -0.1) is 0 Å². The van der Waals surface area contributed by atoms with E-state index in [1.54, 1.807) is 6.20 Å². The van der Waals surface area contributed by atoms with E-state index in [-0.39, 0.29) is 18.1 Å². The maximum atomic E-state index is 12.8. The molecule has 2 aliphatic rings. The molecule has 0 radical (unpaired) electrons. The molecule has 1 aliphatic heterocycles. The van der Waals surface area contributed by atoms with Crippen LogP contribution < -0.4 is 5.32 Å². The number of fused-ring (bicyclic) bond motifs is 3. The van der Waals surface area contributed by atoms with Crippen LogP contribution in [0.5, 0.6) is 0 Å². The van der Waals surface area contributed by atoms with E-state index in [4.69, 9.17) is 14.3 Å². The number of nitrogens with zero attached hydrogens (tertiary/aromatic N) is 3. The molecular weight excluding hydrogens is 380 g/mol. The van der Waals surface area contributed by atoms with Crippen molar-refractivity contribution in [3.63, 3.8) is 0 Å². The van der Waals surface area contributed by atoms with Crippen molar-refractivity contribution in [2.24, 2.45) is 0 Å². The molecule has 7 nitrogen and oxygen atoms in total. The number of carbonyl (C=O) groups is 1. The Kier molecular flexibility index (Phi) is 4.90. The monoisotopic (exact) mass is 406 g/mol. The van der Waals surface area contributed by atoms with Gasteiger partial charge in [-0.3, -0.25) is 14.5 Å².